The summed E-state index contributed by atoms with van der Waals surface area (Å²) in [6.07, 6.45) is 9.27. The van der Waals surface area contributed by atoms with Crippen molar-refractivity contribution < 1.29 is 4.74 Å². The quantitative estimate of drug-likeness (QED) is 0.183. The van der Waals surface area contributed by atoms with Crippen molar-refractivity contribution in [3.05, 3.63) is 222 Å². The van der Waals surface area contributed by atoms with E-state index in [4.69, 9.17) is 4.74 Å². The Morgan fingerprint density at radius 3 is 1.45 bits per heavy atom. The summed E-state index contributed by atoms with van der Waals surface area (Å²) in [4.78, 5) is 2.40. The lowest BCUT2D eigenvalue weighted by atomic mass is 9.62. The van der Waals surface area contributed by atoms with Crippen LogP contribution in [0, 0.1) is 5.92 Å². The summed E-state index contributed by atoms with van der Waals surface area (Å²) in [5, 5.41) is 0. The van der Waals surface area contributed by atoms with Gasteiger partial charge < -0.3 is 9.64 Å². The van der Waals surface area contributed by atoms with Gasteiger partial charge in [0.2, 0.25) is 0 Å². The third-order valence-corrected chi connectivity index (χ3v) is 11.0. The zero-order valence-electron chi connectivity index (χ0n) is 28.1. The normalized spacial score (nSPS) is 17.2. The van der Waals surface area contributed by atoms with Gasteiger partial charge in [0.15, 0.2) is 0 Å². The maximum Gasteiger partial charge on any atom is 0.131 e. The van der Waals surface area contributed by atoms with Gasteiger partial charge in [-0.05, 0) is 81.9 Å². The summed E-state index contributed by atoms with van der Waals surface area (Å²) >= 11 is 0. The van der Waals surface area contributed by atoms with Gasteiger partial charge >= 0.3 is 0 Å². The van der Waals surface area contributed by atoms with Crippen LogP contribution in [0.3, 0.4) is 0 Å². The molecule has 0 radical (unpaired) electrons. The van der Waals surface area contributed by atoms with E-state index < -0.39 is 0 Å². The molecule has 7 aromatic rings. The molecule has 0 bridgehead atoms. The molecule has 2 aliphatic carbocycles. The van der Waals surface area contributed by atoms with Crippen molar-refractivity contribution in [1.82, 2.24) is 0 Å². The predicted octanol–water partition coefficient (Wildman–Crippen LogP) is 12.8. The van der Waals surface area contributed by atoms with E-state index in [1.54, 1.807) is 0 Å². The van der Waals surface area contributed by atoms with Gasteiger partial charge in [-0.25, -0.2) is 0 Å². The van der Waals surface area contributed by atoms with Gasteiger partial charge in [0, 0.05) is 40.0 Å². The Hall–Kier alpha value is -6.38. The summed E-state index contributed by atoms with van der Waals surface area (Å²) < 4.78 is 6.57. The maximum atomic E-state index is 6.57. The van der Waals surface area contributed by atoms with Gasteiger partial charge in [0.1, 0.15) is 11.5 Å². The molecule has 2 unspecified atom stereocenters. The SMILES string of the molecule is C1=CC2c3cc(N(c4ccc(-c5ccccc5)cc4)c4ccc(-c5ccccc5)cc4)ccc3C3(c4ccccc4Oc4ccccc43)C2C=C1. The van der Waals surface area contributed by atoms with E-state index in [2.05, 4.69) is 205 Å². The van der Waals surface area contributed by atoms with Crippen LogP contribution in [-0.4, -0.2) is 0 Å². The third kappa shape index (κ3) is 4.64. The molecule has 1 heterocycles. The number of ether oxygens (including phenoxy) is 1. The lowest BCUT2D eigenvalue weighted by Crippen LogP contribution is -2.37. The molecule has 0 saturated carbocycles. The lowest BCUT2D eigenvalue weighted by Gasteiger charge is -2.43. The monoisotopic (exact) mass is 653 g/mol. The first-order valence-corrected chi connectivity index (χ1v) is 17.8. The highest BCUT2D eigenvalue weighted by molar-refractivity contribution is 5.82. The predicted molar refractivity (Wildman–Crippen MR) is 209 cm³/mol. The van der Waals surface area contributed by atoms with E-state index in [0.29, 0.717) is 0 Å². The minimum absolute atomic E-state index is 0.211. The second kappa shape index (κ2) is 11.9. The van der Waals surface area contributed by atoms with Crippen LogP contribution in [0.15, 0.2) is 200 Å². The standard InChI is InChI=1S/C49H35NO/c1-3-13-34(14-4-1)36-23-27-38(28-24-36)50(39-29-25-37(26-30-39)35-15-5-2-6-16-35)40-31-32-44-42(33-40)41-17-7-8-18-43(41)49(44)45-19-9-11-21-47(45)51-48-22-12-10-20-46(48)49/h1-33,41,43H. The van der Waals surface area contributed by atoms with Crippen molar-refractivity contribution in [2.75, 3.05) is 4.90 Å². The third-order valence-electron chi connectivity index (χ3n) is 11.0. The highest BCUT2D eigenvalue weighted by atomic mass is 16.5. The van der Waals surface area contributed by atoms with E-state index in [0.717, 1.165) is 28.6 Å². The van der Waals surface area contributed by atoms with E-state index in [1.807, 2.05) is 0 Å². The first-order chi connectivity index (χ1) is 25.3. The summed E-state index contributed by atoms with van der Waals surface area (Å²) in [5.74, 6) is 2.30. The fourth-order valence-corrected chi connectivity index (χ4v) is 8.81. The topological polar surface area (TPSA) is 12.5 Å². The second-order valence-electron chi connectivity index (χ2n) is 13.7. The van der Waals surface area contributed by atoms with Crippen LogP contribution in [0.5, 0.6) is 11.5 Å². The number of fused-ring (bicyclic) bond motifs is 9. The molecule has 1 spiro atoms. The number of benzene rings is 7. The van der Waals surface area contributed by atoms with Crippen LogP contribution in [0.2, 0.25) is 0 Å². The van der Waals surface area contributed by atoms with Crippen LogP contribution < -0.4 is 9.64 Å². The molecule has 0 fully saturated rings. The Balaban J connectivity index is 1.15. The Kier molecular flexibility index (Phi) is 6.89. The van der Waals surface area contributed by atoms with Gasteiger partial charge in [-0.2, -0.15) is 0 Å². The molecule has 242 valence electrons. The fourth-order valence-electron chi connectivity index (χ4n) is 8.81. The molecule has 0 aromatic heterocycles. The van der Waals surface area contributed by atoms with E-state index in [-0.39, 0.29) is 17.3 Å². The molecular formula is C49H35NO. The van der Waals surface area contributed by atoms with Crippen molar-refractivity contribution >= 4 is 17.1 Å². The molecule has 3 aliphatic rings. The Bertz CT molecular complexity index is 2310. The average Bonchev–Trinajstić information content (AvgIpc) is 3.49. The molecule has 0 saturated heterocycles. The van der Waals surface area contributed by atoms with Crippen LogP contribution in [0.25, 0.3) is 22.3 Å². The average molecular weight is 654 g/mol. The fraction of sp³-hybridized carbons (Fsp3) is 0.0612. The van der Waals surface area contributed by atoms with Gasteiger partial charge in [-0.15, -0.1) is 0 Å². The molecule has 51 heavy (non-hydrogen) atoms. The number of hydrogen-bond donors (Lipinski definition) is 0. The van der Waals surface area contributed by atoms with E-state index in [9.17, 15) is 0 Å². The lowest BCUT2D eigenvalue weighted by molar-refractivity contribution is 0.374. The molecule has 7 aromatic carbocycles. The summed E-state index contributed by atoms with van der Waals surface area (Å²) in [5.41, 5.74) is 13.0. The number of rotatable bonds is 5. The molecule has 1 aliphatic heterocycles. The second-order valence-corrected chi connectivity index (χ2v) is 13.7. The van der Waals surface area contributed by atoms with Crippen LogP contribution in [0.1, 0.15) is 28.2 Å². The van der Waals surface area contributed by atoms with E-state index in [1.165, 1.54) is 44.5 Å². The molecule has 0 N–H and O–H groups in total. The molecule has 10 rings (SSSR count). The van der Waals surface area contributed by atoms with Gasteiger partial charge in [-0.1, -0.05) is 152 Å². The first-order valence-electron chi connectivity index (χ1n) is 17.8. The number of nitrogens with zero attached hydrogens (tertiary/aromatic N) is 1. The van der Waals surface area contributed by atoms with Gasteiger partial charge in [0.25, 0.3) is 0 Å². The van der Waals surface area contributed by atoms with Gasteiger partial charge in [-0.3, -0.25) is 0 Å². The largest absolute Gasteiger partial charge is 0.457 e. The smallest absolute Gasteiger partial charge is 0.131 e. The van der Waals surface area contributed by atoms with Crippen LogP contribution in [0.4, 0.5) is 17.1 Å². The Morgan fingerprint density at radius 1 is 0.412 bits per heavy atom. The Morgan fingerprint density at radius 2 is 0.882 bits per heavy atom. The van der Waals surface area contributed by atoms with Crippen molar-refractivity contribution in [1.29, 1.82) is 0 Å². The minimum atomic E-state index is -0.370. The summed E-state index contributed by atoms with van der Waals surface area (Å²) in [6, 6.07) is 63.5. The number of anilines is 3. The van der Waals surface area contributed by atoms with Crippen molar-refractivity contribution in [3.8, 4) is 33.8 Å². The molecule has 2 atom stereocenters. The van der Waals surface area contributed by atoms with Crippen molar-refractivity contribution in [2.24, 2.45) is 5.92 Å². The molecule has 0 amide bonds. The zero-order chi connectivity index (χ0) is 33.8. The summed E-state index contributed by atoms with van der Waals surface area (Å²) in [7, 11) is 0. The van der Waals surface area contributed by atoms with E-state index >= 15 is 0 Å². The highest BCUT2D eigenvalue weighted by Gasteiger charge is 2.56. The van der Waals surface area contributed by atoms with Crippen molar-refractivity contribution in [3.63, 3.8) is 0 Å². The molecule has 2 nitrogen and oxygen atoms in total. The van der Waals surface area contributed by atoms with Gasteiger partial charge in [0.05, 0.1) is 5.41 Å². The first kappa shape index (κ1) is 29.5. The number of allylic oxidation sites excluding steroid dienone is 4. The minimum Gasteiger partial charge on any atom is -0.457 e. The maximum absolute atomic E-state index is 6.57. The zero-order valence-corrected chi connectivity index (χ0v) is 28.1. The number of hydrogen-bond acceptors (Lipinski definition) is 2. The molecule has 2 heteroatoms. The van der Waals surface area contributed by atoms with Crippen molar-refractivity contribution in [2.45, 2.75) is 11.3 Å². The van der Waals surface area contributed by atoms with Crippen LogP contribution >= 0.6 is 0 Å². The number of para-hydroxylation sites is 2. The molecular weight excluding hydrogens is 619 g/mol. The van der Waals surface area contributed by atoms with Crippen LogP contribution in [-0.2, 0) is 5.41 Å². The highest BCUT2D eigenvalue weighted by Crippen LogP contribution is 2.65. The Labute approximate surface area is 299 Å². The summed E-state index contributed by atoms with van der Waals surface area (Å²) in [6.45, 7) is 0.